The molecule has 0 aromatic rings. The van der Waals surface area contributed by atoms with Crippen molar-refractivity contribution in [2.24, 2.45) is 0 Å². The van der Waals surface area contributed by atoms with E-state index < -0.39 is 18.2 Å². The summed E-state index contributed by atoms with van der Waals surface area (Å²) in [5.41, 5.74) is 0. The lowest BCUT2D eigenvalue weighted by Gasteiger charge is -2.20. The van der Waals surface area contributed by atoms with Crippen LogP contribution in [-0.2, 0) is 4.79 Å². The van der Waals surface area contributed by atoms with Crippen molar-refractivity contribution in [3.05, 3.63) is 36.5 Å². The Bertz CT molecular complexity index is 734. The summed E-state index contributed by atoms with van der Waals surface area (Å²) in [6.07, 6.45) is 45.7. The quantitative estimate of drug-likeness (QED) is 0.0397. The first-order valence-corrected chi connectivity index (χ1v) is 20.3. The van der Waals surface area contributed by atoms with Crippen molar-refractivity contribution < 1.29 is 20.1 Å². The van der Waals surface area contributed by atoms with Crippen molar-refractivity contribution >= 4 is 5.91 Å². The van der Waals surface area contributed by atoms with Gasteiger partial charge in [0.05, 0.1) is 31.3 Å². The van der Waals surface area contributed by atoms with Crippen molar-refractivity contribution in [1.29, 1.82) is 0 Å². The van der Waals surface area contributed by atoms with Gasteiger partial charge in [-0.1, -0.05) is 172 Å². The Balaban J connectivity index is 3.69. The first kappa shape index (κ1) is 45.6. The highest BCUT2D eigenvalue weighted by Gasteiger charge is 2.20. The molecule has 5 nitrogen and oxygen atoms in total. The Hall–Kier alpha value is -1.43. The molecule has 3 unspecified atom stereocenters. The summed E-state index contributed by atoms with van der Waals surface area (Å²) in [4.78, 5) is 12.4. The molecule has 0 spiro atoms. The number of allylic oxidation sites excluding steroid dienone is 5. The van der Waals surface area contributed by atoms with Gasteiger partial charge in [-0.3, -0.25) is 4.79 Å². The SMILES string of the molecule is CCCCCCC/C=C/CC/C=C/C(O)C(CO)NC(=O)CC(O)CCCCCCC/C=C\CCCCCCCCCCCCCC. The second-order valence-electron chi connectivity index (χ2n) is 13.9. The fourth-order valence-corrected chi connectivity index (χ4v) is 6.00. The highest BCUT2D eigenvalue weighted by molar-refractivity contribution is 5.76. The number of aliphatic hydroxyl groups is 3. The highest BCUT2D eigenvalue weighted by Crippen LogP contribution is 2.14. The van der Waals surface area contributed by atoms with Gasteiger partial charge in [0.15, 0.2) is 0 Å². The summed E-state index contributed by atoms with van der Waals surface area (Å²) in [6.45, 7) is 4.17. The van der Waals surface area contributed by atoms with Gasteiger partial charge >= 0.3 is 0 Å². The van der Waals surface area contributed by atoms with Gasteiger partial charge < -0.3 is 20.6 Å². The van der Waals surface area contributed by atoms with E-state index in [-0.39, 0.29) is 18.9 Å². The molecule has 0 aromatic carbocycles. The lowest BCUT2D eigenvalue weighted by Crippen LogP contribution is -2.45. The second kappa shape index (κ2) is 37.4. The molecule has 0 aromatic heterocycles. The van der Waals surface area contributed by atoms with Gasteiger partial charge in [0, 0.05) is 0 Å². The number of hydrogen-bond donors (Lipinski definition) is 4. The summed E-state index contributed by atoms with van der Waals surface area (Å²) in [6, 6.07) is -0.761. The largest absolute Gasteiger partial charge is 0.394 e. The van der Waals surface area contributed by atoms with E-state index in [1.54, 1.807) is 6.08 Å². The summed E-state index contributed by atoms with van der Waals surface area (Å²) >= 11 is 0. The van der Waals surface area contributed by atoms with Crippen LogP contribution in [0.3, 0.4) is 0 Å². The maximum absolute atomic E-state index is 12.4. The van der Waals surface area contributed by atoms with E-state index in [2.05, 4.69) is 43.5 Å². The van der Waals surface area contributed by atoms with Crippen LogP contribution in [0.15, 0.2) is 36.5 Å². The normalized spacial score (nSPS) is 14.1. The third kappa shape index (κ3) is 34.2. The Morgan fingerprint density at radius 3 is 1.36 bits per heavy atom. The van der Waals surface area contributed by atoms with Crippen LogP contribution in [0.2, 0.25) is 0 Å². The minimum Gasteiger partial charge on any atom is -0.394 e. The van der Waals surface area contributed by atoms with Gasteiger partial charge in [-0.2, -0.15) is 0 Å². The lowest BCUT2D eigenvalue weighted by molar-refractivity contribution is -0.124. The summed E-state index contributed by atoms with van der Waals surface area (Å²) in [7, 11) is 0. The number of carbonyl (C=O) groups excluding carboxylic acids is 1. The average Bonchev–Trinajstić information content (AvgIpc) is 3.06. The minimum atomic E-state index is -0.951. The molecule has 0 saturated carbocycles. The van der Waals surface area contributed by atoms with Gasteiger partial charge in [0.1, 0.15) is 0 Å². The summed E-state index contributed by atoms with van der Waals surface area (Å²) in [5.74, 6) is -0.332. The van der Waals surface area contributed by atoms with Crippen molar-refractivity contribution in [2.75, 3.05) is 6.61 Å². The average molecular weight is 662 g/mol. The zero-order chi connectivity index (χ0) is 34.5. The molecule has 276 valence electrons. The van der Waals surface area contributed by atoms with Crippen LogP contribution < -0.4 is 5.32 Å². The van der Waals surface area contributed by atoms with Crippen LogP contribution in [0.25, 0.3) is 0 Å². The number of amides is 1. The predicted molar refractivity (Wildman–Crippen MR) is 204 cm³/mol. The number of nitrogens with one attached hydrogen (secondary N) is 1. The smallest absolute Gasteiger partial charge is 0.222 e. The molecule has 3 atom stereocenters. The number of hydrogen-bond acceptors (Lipinski definition) is 4. The fourth-order valence-electron chi connectivity index (χ4n) is 6.00. The lowest BCUT2D eigenvalue weighted by atomic mass is 10.0. The minimum absolute atomic E-state index is 0.000160. The summed E-state index contributed by atoms with van der Waals surface area (Å²) in [5, 5.41) is 33.0. The molecule has 0 rings (SSSR count). The molecule has 0 bridgehead atoms. The van der Waals surface area contributed by atoms with Crippen molar-refractivity contribution in [1.82, 2.24) is 5.32 Å². The Morgan fingerprint density at radius 1 is 0.532 bits per heavy atom. The molecule has 1 amide bonds. The van der Waals surface area contributed by atoms with E-state index in [4.69, 9.17) is 0 Å². The topological polar surface area (TPSA) is 89.8 Å². The van der Waals surface area contributed by atoms with Gasteiger partial charge in [-0.25, -0.2) is 0 Å². The number of aliphatic hydroxyl groups excluding tert-OH is 3. The molecule has 0 heterocycles. The van der Waals surface area contributed by atoms with Gasteiger partial charge in [0.2, 0.25) is 5.91 Å². The molecule has 0 radical (unpaired) electrons. The zero-order valence-corrected chi connectivity index (χ0v) is 31.2. The predicted octanol–water partition coefficient (Wildman–Crippen LogP) is 11.2. The fraction of sp³-hybridized carbons (Fsp3) is 0.833. The molecule has 0 fully saturated rings. The molecule has 0 aliphatic rings. The molecule has 0 aliphatic heterocycles. The molecular formula is C42H79NO4. The van der Waals surface area contributed by atoms with Crippen molar-refractivity contribution in [2.45, 2.75) is 218 Å². The maximum Gasteiger partial charge on any atom is 0.222 e. The van der Waals surface area contributed by atoms with E-state index in [1.807, 2.05) is 6.08 Å². The van der Waals surface area contributed by atoms with Crippen LogP contribution in [-0.4, -0.2) is 46.1 Å². The van der Waals surface area contributed by atoms with Crippen LogP contribution in [0.4, 0.5) is 0 Å². The number of unbranched alkanes of at least 4 members (excludes halogenated alkanes) is 23. The monoisotopic (exact) mass is 662 g/mol. The molecular weight excluding hydrogens is 582 g/mol. The van der Waals surface area contributed by atoms with E-state index >= 15 is 0 Å². The van der Waals surface area contributed by atoms with Crippen molar-refractivity contribution in [3.8, 4) is 0 Å². The van der Waals surface area contributed by atoms with Crippen molar-refractivity contribution in [3.63, 3.8) is 0 Å². The van der Waals surface area contributed by atoms with Gasteiger partial charge in [-0.15, -0.1) is 0 Å². The van der Waals surface area contributed by atoms with Crippen LogP contribution in [0.5, 0.6) is 0 Å². The molecule has 4 N–H and O–H groups in total. The van der Waals surface area contributed by atoms with E-state index in [0.29, 0.717) is 6.42 Å². The maximum atomic E-state index is 12.4. The summed E-state index contributed by atoms with van der Waals surface area (Å²) < 4.78 is 0. The molecule has 5 heteroatoms. The van der Waals surface area contributed by atoms with Crippen LogP contribution in [0.1, 0.15) is 200 Å². The van der Waals surface area contributed by atoms with Gasteiger partial charge in [0.25, 0.3) is 0 Å². The van der Waals surface area contributed by atoms with Crippen LogP contribution >= 0.6 is 0 Å². The molecule has 0 saturated heterocycles. The van der Waals surface area contributed by atoms with E-state index in [1.165, 1.54) is 128 Å². The first-order chi connectivity index (χ1) is 23.0. The zero-order valence-electron chi connectivity index (χ0n) is 31.2. The van der Waals surface area contributed by atoms with Crippen LogP contribution in [0, 0.1) is 0 Å². The van der Waals surface area contributed by atoms with Gasteiger partial charge in [-0.05, 0) is 57.8 Å². The molecule has 47 heavy (non-hydrogen) atoms. The molecule has 0 aliphatic carbocycles. The number of rotatable bonds is 36. The Morgan fingerprint density at radius 2 is 0.915 bits per heavy atom. The second-order valence-corrected chi connectivity index (χ2v) is 13.9. The Labute approximate surface area is 292 Å². The first-order valence-electron chi connectivity index (χ1n) is 20.3. The van der Waals surface area contributed by atoms with E-state index in [9.17, 15) is 20.1 Å². The Kier molecular flexibility index (Phi) is 36.3. The standard InChI is InChI=1S/C42H79NO4/c1-3-5-7-9-11-13-15-16-17-18-19-20-21-22-23-24-26-27-29-31-33-35-39(45)37-42(47)43-40(38-44)41(46)36-34-32-30-28-25-14-12-10-8-6-4-2/h22-23,25,28,34,36,39-41,44-46H,3-21,24,26-27,29-33,35,37-38H2,1-2H3,(H,43,47)/b23-22-,28-25+,36-34+. The third-order valence-electron chi connectivity index (χ3n) is 9.15. The highest BCUT2D eigenvalue weighted by atomic mass is 16.3. The third-order valence-corrected chi connectivity index (χ3v) is 9.15. The van der Waals surface area contributed by atoms with E-state index in [0.717, 1.165) is 44.9 Å². The number of carbonyl (C=O) groups is 1.